The number of nitrogens with two attached hydrogens (primary N) is 1. The molecular weight excluding hydrogens is 233 g/mol. The van der Waals surface area contributed by atoms with Crippen LogP contribution in [0.2, 0.25) is 0 Å². The van der Waals surface area contributed by atoms with Crippen LogP contribution in [0.5, 0.6) is 5.75 Å². The Kier molecular flexibility index (Phi) is 4.55. The summed E-state index contributed by atoms with van der Waals surface area (Å²) in [6.07, 6.45) is 4.06. The van der Waals surface area contributed by atoms with Gasteiger partial charge < -0.3 is 15.2 Å². The average molecular weight is 253 g/mol. The molecule has 1 aromatic rings. The fourth-order valence-electron chi connectivity index (χ4n) is 2.48. The molecule has 2 N–H and O–H groups in total. The summed E-state index contributed by atoms with van der Waals surface area (Å²) in [5.74, 6) is 0.490. The monoisotopic (exact) mass is 253 g/mol. The Hall–Kier alpha value is -1.13. The normalized spacial score (nSPS) is 23.3. The molecule has 0 spiro atoms. The van der Waals surface area contributed by atoms with Gasteiger partial charge in [0.2, 0.25) is 0 Å². The van der Waals surface area contributed by atoms with Crippen molar-refractivity contribution in [2.45, 2.75) is 37.9 Å². The number of rotatable bonds is 5. The van der Waals surface area contributed by atoms with E-state index in [0.717, 1.165) is 30.6 Å². The van der Waals surface area contributed by atoms with Crippen molar-refractivity contribution in [2.24, 2.45) is 5.73 Å². The van der Waals surface area contributed by atoms with E-state index >= 15 is 0 Å². The van der Waals surface area contributed by atoms with E-state index in [9.17, 15) is 4.39 Å². The van der Waals surface area contributed by atoms with Crippen molar-refractivity contribution in [2.75, 3.05) is 13.7 Å². The molecular formula is C14H20FNO2. The predicted octanol–water partition coefficient (Wildman–Crippen LogP) is 2.27. The first-order valence-electron chi connectivity index (χ1n) is 6.41. The van der Waals surface area contributed by atoms with Gasteiger partial charge in [-0.2, -0.15) is 0 Å². The molecule has 4 heteroatoms. The second kappa shape index (κ2) is 6.16. The van der Waals surface area contributed by atoms with E-state index < -0.39 is 0 Å². The Bertz CT molecular complexity index is 397. The van der Waals surface area contributed by atoms with Crippen LogP contribution in [-0.4, -0.2) is 25.9 Å². The van der Waals surface area contributed by atoms with Crippen LogP contribution in [-0.2, 0) is 11.2 Å². The van der Waals surface area contributed by atoms with Crippen molar-refractivity contribution in [3.63, 3.8) is 0 Å². The molecule has 0 aliphatic carbocycles. The molecule has 1 saturated heterocycles. The zero-order valence-electron chi connectivity index (χ0n) is 10.7. The van der Waals surface area contributed by atoms with E-state index in [1.54, 1.807) is 13.2 Å². The molecule has 1 aromatic carbocycles. The van der Waals surface area contributed by atoms with Gasteiger partial charge >= 0.3 is 0 Å². The number of ether oxygens (including phenoxy) is 2. The standard InChI is InChI=1S/C14H20FNO2/c1-17-14-5-2-11(15)8-10(14)9-13-4-3-12(18-13)6-7-16/h2,5,8,12-13H,3-4,6-7,9,16H2,1H3/t12-,13?/m0/s1. The highest BCUT2D eigenvalue weighted by Gasteiger charge is 2.25. The summed E-state index contributed by atoms with van der Waals surface area (Å²) < 4.78 is 24.4. The van der Waals surface area contributed by atoms with Crippen molar-refractivity contribution >= 4 is 0 Å². The molecule has 1 aliphatic heterocycles. The van der Waals surface area contributed by atoms with Crippen molar-refractivity contribution in [3.8, 4) is 5.75 Å². The van der Waals surface area contributed by atoms with Crippen molar-refractivity contribution in [1.29, 1.82) is 0 Å². The minimum absolute atomic E-state index is 0.150. The Labute approximate surface area is 107 Å². The lowest BCUT2D eigenvalue weighted by Crippen LogP contribution is -2.17. The molecule has 1 aliphatic rings. The van der Waals surface area contributed by atoms with E-state index in [1.165, 1.54) is 12.1 Å². The first-order chi connectivity index (χ1) is 8.72. The second-order valence-corrected chi connectivity index (χ2v) is 4.70. The Morgan fingerprint density at radius 1 is 1.39 bits per heavy atom. The highest BCUT2D eigenvalue weighted by molar-refractivity contribution is 5.34. The molecule has 0 bridgehead atoms. The third-order valence-electron chi connectivity index (χ3n) is 3.37. The van der Waals surface area contributed by atoms with Gasteiger partial charge in [0, 0.05) is 6.42 Å². The van der Waals surface area contributed by atoms with Gasteiger partial charge in [-0.15, -0.1) is 0 Å². The molecule has 3 nitrogen and oxygen atoms in total. The van der Waals surface area contributed by atoms with Gasteiger partial charge in [-0.3, -0.25) is 0 Å². The summed E-state index contributed by atoms with van der Waals surface area (Å²) in [4.78, 5) is 0. The molecule has 100 valence electrons. The number of halogens is 1. The molecule has 0 radical (unpaired) electrons. The van der Waals surface area contributed by atoms with Gasteiger partial charge in [0.15, 0.2) is 0 Å². The fourth-order valence-corrected chi connectivity index (χ4v) is 2.48. The van der Waals surface area contributed by atoms with Crippen LogP contribution in [0.4, 0.5) is 4.39 Å². The van der Waals surface area contributed by atoms with Gasteiger partial charge in [-0.1, -0.05) is 0 Å². The van der Waals surface area contributed by atoms with Crippen LogP contribution in [0.15, 0.2) is 18.2 Å². The number of hydrogen-bond donors (Lipinski definition) is 1. The first kappa shape index (κ1) is 13.3. The summed E-state index contributed by atoms with van der Waals surface area (Å²) in [5, 5.41) is 0. The fraction of sp³-hybridized carbons (Fsp3) is 0.571. The van der Waals surface area contributed by atoms with E-state index in [4.69, 9.17) is 15.2 Å². The van der Waals surface area contributed by atoms with Crippen LogP contribution in [0.25, 0.3) is 0 Å². The van der Waals surface area contributed by atoms with Crippen LogP contribution in [0, 0.1) is 5.82 Å². The molecule has 1 heterocycles. The Morgan fingerprint density at radius 3 is 2.89 bits per heavy atom. The summed E-state index contributed by atoms with van der Waals surface area (Å²) in [6, 6.07) is 4.60. The SMILES string of the molecule is COc1ccc(F)cc1CC1CC[C@@H](CCN)O1. The molecule has 1 unspecified atom stereocenters. The highest BCUT2D eigenvalue weighted by atomic mass is 19.1. The summed E-state index contributed by atoms with van der Waals surface area (Å²) in [7, 11) is 1.60. The smallest absolute Gasteiger partial charge is 0.123 e. The van der Waals surface area contributed by atoms with Crippen LogP contribution < -0.4 is 10.5 Å². The van der Waals surface area contributed by atoms with Gasteiger partial charge in [0.25, 0.3) is 0 Å². The topological polar surface area (TPSA) is 44.5 Å². The Balaban J connectivity index is 1.99. The van der Waals surface area contributed by atoms with E-state index in [1.807, 2.05) is 0 Å². The maximum atomic E-state index is 13.2. The molecule has 2 rings (SSSR count). The Morgan fingerprint density at radius 2 is 2.17 bits per heavy atom. The quantitative estimate of drug-likeness (QED) is 0.875. The van der Waals surface area contributed by atoms with Crippen molar-refractivity contribution in [1.82, 2.24) is 0 Å². The average Bonchev–Trinajstić information content (AvgIpc) is 2.77. The predicted molar refractivity (Wildman–Crippen MR) is 68.2 cm³/mol. The highest BCUT2D eigenvalue weighted by Crippen LogP contribution is 2.28. The molecule has 0 amide bonds. The summed E-state index contributed by atoms with van der Waals surface area (Å²) >= 11 is 0. The molecule has 0 aromatic heterocycles. The van der Waals surface area contributed by atoms with Crippen LogP contribution in [0.3, 0.4) is 0 Å². The van der Waals surface area contributed by atoms with Gasteiger partial charge in [-0.05, 0) is 49.6 Å². The van der Waals surface area contributed by atoms with Gasteiger partial charge in [0.05, 0.1) is 19.3 Å². The molecule has 18 heavy (non-hydrogen) atoms. The van der Waals surface area contributed by atoms with Gasteiger partial charge in [-0.25, -0.2) is 4.39 Å². The van der Waals surface area contributed by atoms with E-state index in [-0.39, 0.29) is 18.0 Å². The third-order valence-corrected chi connectivity index (χ3v) is 3.37. The lowest BCUT2D eigenvalue weighted by atomic mass is 10.0. The van der Waals surface area contributed by atoms with Crippen molar-refractivity contribution < 1.29 is 13.9 Å². The van der Waals surface area contributed by atoms with Crippen LogP contribution >= 0.6 is 0 Å². The molecule has 2 atom stereocenters. The minimum atomic E-state index is -0.234. The summed E-state index contributed by atoms with van der Waals surface area (Å²) in [6.45, 7) is 0.653. The van der Waals surface area contributed by atoms with Crippen molar-refractivity contribution in [3.05, 3.63) is 29.6 Å². The lowest BCUT2D eigenvalue weighted by molar-refractivity contribution is 0.0422. The maximum absolute atomic E-state index is 13.2. The lowest BCUT2D eigenvalue weighted by Gasteiger charge is -2.15. The second-order valence-electron chi connectivity index (χ2n) is 4.70. The number of hydrogen-bond acceptors (Lipinski definition) is 3. The number of methoxy groups -OCH3 is 1. The zero-order chi connectivity index (χ0) is 13.0. The zero-order valence-corrected chi connectivity index (χ0v) is 10.7. The van der Waals surface area contributed by atoms with E-state index in [0.29, 0.717) is 13.0 Å². The number of benzene rings is 1. The summed E-state index contributed by atoms with van der Waals surface area (Å²) in [5.41, 5.74) is 6.39. The largest absolute Gasteiger partial charge is 0.496 e. The van der Waals surface area contributed by atoms with E-state index in [2.05, 4.69) is 0 Å². The first-order valence-corrected chi connectivity index (χ1v) is 6.41. The molecule has 1 fully saturated rings. The third kappa shape index (κ3) is 3.21. The molecule has 0 saturated carbocycles. The van der Waals surface area contributed by atoms with Gasteiger partial charge in [0.1, 0.15) is 11.6 Å². The van der Waals surface area contributed by atoms with Crippen LogP contribution in [0.1, 0.15) is 24.8 Å². The minimum Gasteiger partial charge on any atom is -0.496 e. The maximum Gasteiger partial charge on any atom is 0.123 e.